The molecule has 1 rings (SSSR count). The van der Waals surface area contributed by atoms with Crippen LogP contribution in [0.15, 0.2) is 24.3 Å². The zero-order valence-electron chi connectivity index (χ0n) is 11.7. The summed E-state index contributed by atoms with van der Waals surface area (Å²) in [6.07, 6.45) is 0.0204. The van der Waals surface area contributed by atoms with E-state index in [1.54, 1.807) is 12.1 Å². The van der Waals surface area contributed by atoms with Crippen LogP contribution in [0.5, 0.6) is 0 Å². The zero-order valence-corrected chi connectivity index (χ0v) is 12.9. The molecule has 0 saturated heterocycles. The summed E-state index contributed by atoms with van der Waals surface area (Å²) in [4.78, 5) is 10.8. The highest BCUT2D eigenvalue weighted by Crippen LogP contribution is 2.36. The van der Waals surface area contributed by atoms with Gasteiger partial charge in [0.2, 0.25) is 0 Å². The maximum Gasteiger partial charge on any atom is 0.335 e. The smallest absolute Gasteiger partial charge is 0.335 e. The first-order valence-electron chi connectivity index (χ1n) is 6.20. The third kappa shape index (κ3) is 3.96. The molecule has 0 amide bonds. The largest absolute Gasteiger partial charge is 0.478 e. The molecule has 4 heteroatoms. The van der Waals surface area contributed by atoms with E-state index in [4.69, 9.17) is 9.53 Å². The highest BCUT2D eigenvalue weighted by Gasteiger charge is 2.27. The lowest BCUT2D eigenvalue weighted by Gasteiger charge is -2.33. The summed E-state index contributed by atoms with van der Waals surface area (Å²) in [6, 6.07) is 7.00. The SMILES string of the molecule is C[SiH](C)OC(c1ccc(C(=O)O)cc1)C(C)(C)C. The molecule has 100 valence electrons. The van der Waals surface area contributed by atoms with Crippen molar-refractivity contribution < 1.29 is 14.3 Å². The van der Waals surface area contributed by atoms with Crippen LogP contribution in [0.25, 0.3) is 0 Å². The Labute approximate surface area is 111 Å². The molecule has 18 heavy (non-hydrogen) atoms. The van der Waals surface area contributed by atoms with Gasteiger partial charge in [0.25, 0.3) is 0 Å². The van der Waals surface area contributed by atoms with E-state index < -0.39 is 15.0 Å². The van der Waals surface area contributed by atoms with Crippen molar-refractivity contribution in [1.82, 2.24) is 0 Å². The van der Waals surface area contributed by atoms with Gasteiger partial charge in [-0.25, -0.2) is 4.79 Å². The number of rotatable bonds is 4. The van der Waals surface area contributed by atoms with Gasteiger partial charge in [-0.05, 0) is 36.2 Å². The summed E-state index contributed by atoms with van der Waals surface area (Å²) in [7, 11) is -1.15. The van der Waals surface area contributed by atoms with Crippen LogP contribution in [0, 0.1) is 5.41 Å². The zero-order chi connectivity index (χ0) is 13.9. The molecule has 0 aliphatic carbocycles. The highest BCUT2D eigenvalue weighted by atomic mass is 28.3. The average molecular weight is 266 g/mol. The van der Waals surface area contributed by atoms with Crippen LogP contribution in [0.2, 0.25) is 13.1 Å². The molecule has 1 N–H and O–H groups in total. The van der Waals surface area contributed by atoms with Crippen molar-refractivity contribution >= 4 is 15.0 Å². The molecule has 1 aromatic carbocycles. The van der Waals surface area contributed by atoms with Gasteiger partial charge < -0.3 is 9.53 Å². The van der Waals surface area contributed by atoms with E-state index in [-0.39, 0.29) is 11.5 Å². The van der Waals surface area contributed by atoms with Gasteiger partial charge in [-0.15, -0.1) is 0 Å². The second kappa shape index (κ2) is 5.67. The molecule has 1 atom stereocenters. The molecule has 1 unspecified atom stereocenters. The summed E-state index contributed by atoms with van der Waals surface area (Å²) in [6.45, 7) is 10.7. The van der Waals surface area contributed by atoms with Crippen LogP contribution >= 0.6 is 0 Å². The predicted octanol–water partition coefficient (Wildman–Crippen LogP) is 3.47. The molecule has 0 saturated carbocycles. The molecule has 0 aliphatic rings. The van der Waals surface area contributed by atoms with E-state index in [1.807, 2.05) is 12.1 Å². The molecule has 0 aromatic heterocycles. The Hall–Kier alpha value is -1.13. The Morgan fingerprint density at radius 1 is 1.22 bits per heavy atom. The van der Waals surface area contributed by atoms with Crippen LogP contribution < -0.4 is 0 Å². The predicted molar refractivity (Wildman–Crippen MR) is 75.6 cm³/mol. The van der Waals surface area contributed by atoms with Gasteiger partial charge in [-0.1, -0.05) is 32.9 Å². The Bertz CT molecular complexity index is 404. The number of carboxylic acids is 1. The summed E-state index contributed by atoms with van der Waals surface area (Å²) >= 11 is 0. The summed E-state index contributed by atoms with van der Waals surface area (Å²) in [5.74, 6) is -0.895. The van der Waals surface area contributed by atoms with Gasteiger partial charge in [-0.2, -0.15) is 0 Å². The number of carbonyl (C=O) groups is 1. The van der Waals surface area contributed by atoms with E-state index in [9.17, 15) is 4.79 Å². The number of carboxylic acid groups (broad SMARTS) is 1. The van der Waals surface area contributed by atoms with Crippen molar-refractivity contribution in [3.05, 3.63) is 35.4 Å². The summed E-state index contributed by atoms with van der Waals surface area (Å²) in [5.41, 5.74) is 1.36. The van der Waals surface area contributed by atoms with Gasteiger partial charge in [0, 0.05) is 0 Å². The van der Waals surface area contributed by atoms with Crippen molar-refractivity contribution in [1.29, 1.82) is 0 Å². The van der Waals surface area contributed by atoms with E-state index in [0.717, 1.165) is 5.56 Å². The number of aromatic carboxylic acids is 1. The van der Waals surface area contributed by atoms with Crippen molar-refractivity contribution in [2.75, 3.05) is 0 Å². The van der Waals surface area contributed by atoms with Crippen LogP contribution in [-0.2, 0) is 4.43 Å². The number of hydrogen-bond donors (Lipinski definition) is 1. The van der Waals surface area contributed by atoms with Crippen LogP contribution in [-0.4, -0.2) is 20.1 Å². The van der Waals surface area contributed by atoms with Crippen LogP contribution in [0.3, 0.4) is 0 Å². The molecule has 0 fully saturated rings. The van der Waals surface area contributed by atoms with Gasteiger partial charge in [-0.3, -0.25) is 0 Å². The molecule has 1 aromatic rings. The fourth-order valence-corrected chi connectivity index (χ4v) is 2.97. The summed E-state index contributed by atoms with van der Waals surface area (Å²) in [5, 5.41) is 8.90. The van der Waals surface area contributed by atoms with Gasteiger partial charge in [0.05, 0.1) is 11.7 Å². The standard InChI is InChI=1S/C14H22O3Si/c1-14(2,3)12(17-18(4)5)10-6-8-11(9-7-10)13(15)16/h6-9,12,18H,1-5H3,(H,15,16). The van der Waals surface area contributed by atoms with E-state index in [0.29, 0.717) is 5.56 Å². The molecule has 0 radical (unpaired) electrons. The minimum Gasteiger partial charge on any atom is -0.478 e. The third-order valence-corrected chi connectivity index (χ3v) is 3.47. The highest BCUT2D eigenvalue weighted by molar-refractivity contribution is 6.48. The van der Waals surface area contributed by atoms with Gasteiger partial charge in [0.15, 0.2) is 9.04 Å². The Kier molecular flexibility index (Phi) is 4.70. The molecule has 0 aliphatic heterocycles. The molecule has 3 nitrogen and oxygen atoms in total. The second-order valence-corrected chi connectivity index (χ2v) is 8.23. The second-order valence-electron chi connectivity index (χ2n) is 5.86. The van der Waals surface area contributed by atoms with Crippen molar-refractivity contribution in [3.8, 4) is 0 Å². The molecule has 0 spiro atoms. The monoisotopic (exact) mass is 266 g/mol. The first-order chi connectivity index (χ1) is 8.21. The van der Waals surface area contributed by atoms with E-state index in [1.165, 1.54) is 0 Å². The van der Waals surface area contributed by atoms with E-state index in [2.05, 4.69) is 33.9 Å². The minimum atomic E-state index is -1.15. The molecule has 0 heterocycles. The molecular formula is C14H22O3Si. The lowest BCUT2D eigenvalue weighted by atomic mass is 9.84. The Morgan fingerprint density at radius 2 is 1.72 bits per heavy atom. The maximum absolute atomic E-state index is 10.8. The lowest BCUT2D eigenvalue weighted by Crippen LogP contribution is -2.25. The van der Waals surface area contributed by atoms with Crippen LogP contribution in [0.4, 0.5) is 0 Å². The summed E-state index contributed by atoms with van der Waals surface area (Å²) < 4.78 is 6.09. The van der Waals surface area contributed by atoms with Crippen molar-refractivity contribution in [3.63, 3.8) is 0 Å². The minimum absolute atomic E-state index is 0.00199. The fraction of sp³-hybridized carbons (Fsp3) is 0.500. The lowest BCUT2D eigenvalue weighted by molar-refractivity contribution is 0.0696. The van der Waals surface area contributed by atoms with E-state index >= 15 is 0 Å². The number of benzene rings is 1. The third-order valence-electron chi connectivity index (χ3n) is 2.66. The van der Waals surface area contributed by atoms with Crippen molar-refractivity contribution in [2.45, 2.75) is 40.0 Å². The number of hydrogen-bond acceptors (Lipinski definition) is 2. The van der Waals surface area contributed by atoms with Gasteiger partial charge in [0.1, 0.15) is 0 Å². The normalized spacial score (nSPS) is 13.7. The van der Waals surface area contributed by atoms with Crippen molar-refractivity contribution in [2.24, 2.45) is 5.41 Å². The first-order valence-corrected chi connectivity index (χ1v) is 8.98. The fourth-order valence-electron chi connectivity index (χ4n) is 1.86. The Balaban J connectivity index is 3.02. The molecular weight excluding hydrogens is 244 g/mol. The molecule has 0 bridgehead atoms. The average Bonchev–Trinajstić information content (AvgIpc) is 2.24. The first kappa shape index (κ1) is 14.9. The van der Waals surface area contributed by atoms with Gasteiger partial charge >= 0.3 is 5.97 Å². The maximum atomic E-state index is 10.8. The van der Waals surface area contributed by atoms with Crippen LogP contribution in [0.1, 0.15) is 42.8 Å². The topological polar surface area (TPSA) is 46.5 Å². The Morgan fingerprint density at radius 3 is 2.06 bits per heavy atom. The quantitative estimate of drug-likeness (QED) is 0.849.